The van der Waals surface area contributed by atoms with Gasteiger partial charge in [0.15, 0.2) is 11.5 Å². The van der Waals surface area contributed by atoms with Gasteiger partial charge < -0.3 is 24.2 Å². The van der Waals surface area contributed by atoms with Crippen LogP contribution in [0.3, 0.4) is 0 Å². The van der Waals surface area contributed by atoms with Crippen molar-refractivity contribution in [1.82, 2.24) is 9.97 Å². The molecule has 154 valence electrons. The van der Waals surface area contributed by atoms with Gasteiger partial charge >= 0.3 is 0 Å². The molecule has 8 nitrogen and oxygen atoms in total. The Morgan fingerprint density at radius 3 is 2.52 bits per heavy atom. The number of hydrogen-bond acceptors (Lipinski definition) is 7. The highest BCUT2D eigenvalue weighted by Gasteiger charge is 2.17. The maximum Gasteiger partial charge on any atom is 0.260 e. The second kappa shape index (κ2) is 8.83. The molecule has 0 aliphatic carbocycles. The summed E-state index contributed by atoms with van der Waals surface area (Å²) in [7, 11) is 4.95. The first-order chi connectivity index (χ1) is 14.0. The average Bonchev–Trinajstić information content (AvgIpc) is 2.72. The molecule has 0 fully saturated rings. The van der Waals surface area contributed by atoms with Gasteiger partial charge in [-0.2, -0.15) is 0 Å². The van der Waals surface area contributed by atoms with E-state index >= 15 is 0 Å². The summed E-state index contributed by atoms with van der Waals surface area (Å²) in [5.74, 6) is 2.20. The summed E-state index contributed by atoms with van der Waals surface area (Å²) >= 11 is 0. The van der Waals surface area contributed by atoms with Gasteiger partial charge in [-0.25, -0.2) is 4.98 Å². The van der Waals surface area contributed by atoms with Crippen LogP contribution >= 0.6 is 0 Å². The average molecular weight is 399 g/mol. The number of aliphatic hydroxyl groups excluding tert-OH is 1. The quantitative estimate of drug-likeness (QED) is 0.600. The second-order valence-electron chi connectivity index (χ2n) is 6.59. The van der Waals surface area contributed by atoms with Crippen LogP contribution < -0.4 is 24.7 Å². The number of fused-ring (bicyclic) bond motifs is 1. The summed E-state index contributed by atoms with van der Waals surface area (Å²) in [4.78, 5) is 22.1. The molecule has 0 saturated heterocycles. The van der Waals surface area contributed by atoms with Crippen molar-refractivity contribution in [2.45, 2.75) is 13.5 Å². The summed E-state index contributed by atoms with van der Waals surface area (Å²) in [6.45, 7) is 2.59. The summed E-state index contributed by atoms with van der Waals surface area (Å²) in [5, 5.41) is 9.30. The van der Waals surface area contributed by atoms with Crippen LogP contribution in [0.5, 0.6) is 17.2 Å². The molecule has 0 aliphatic heterocycles. The highest BCUT2D eigenvalue weighted by Crippen LogP contribution is 2.35. The molecule has 1 heterocycles. The van der Waals surface area contributed by atoms with Gasteiger partial charge in [-0.1, -0.05) is 12.1 Å². The Morgan fingerprint density at radius 2 is 1.90 bits per heavy atom. The standard InChI is InChI=1S/C21H25N3O5/c1-13-18-16(11-17(27-3)19(13)28-4)22-21(23-20(18)26)24(2)12-14-5-7-15(8-6-14)29-10-9-25/h5-8,11,25H,9-10,12H2,1-4H3,(H,22,23,26). The third-order valence-electron chi connectivity index (χ3n) is 4.63. The van der Waals surface area contributed by atoms with E-state index in [4.69, 9.17) is 19.3 Å². The van der Waals surface area contributed by atoms with Crippen molar-refractivity contribution < 1.29 is 19.3 Å². The Hall–Kier alpha value is -3.26. The van der Waals surface area contributed by atoms with Crippen molar-refractivity contribution >= 4 is 16.9 Å². The number of ether oxygens (including phenoxy) is 3. The first kappa shape index (κ1) is 20.5. The molecule has 0 saturated carbocycles. The van der Waals surface area contributed by atoms with E-state index in [1.165, 1.54) is 0 Å². The zero-order valence-corrected chi connectivity index (χ0v) is 17.0. The van der Waals surface area contributed by atoms with Crippen LogP contribution in [0.4, 0.5) is 5.95 Å². The van der Waals surface area contributed by atoms with Crippen LogP contribution in [-0.2, 0) is 6.54 Å². The van der Waals surface area contributed by atoms with E-state index in [-0.39, 0.29) is 18.8 Å². The first-order valence-electron chi connectivity index (χ1n) is 9.17. The van der Waals surface area contributed by atoms with Crippen LogP contribution in [0.1, 0.15) is 11.1 Å². The predicted molar refractivity (Wildman–Crippen MR) is 111 cm³/mol. The van der Waals surface area contributed by atoms with E-state index < -0.39 is 0 Å². The smallest absolute Gasteiger partial charge is 0.260 e. The lowest BCUT2D eigenvalue weighted by Crippen LogP contribution is -2.23. The largest absolute Gasteiger partial charge is 0.493 e. The van der Waals surface area contributed by atoms with Crippen molar-refractivity contribution in [2.75, 3.05) is 39.4 Å². The molecule has 0 aliphatic rings. The van der Waals surface area contributed by atoms with Crippen molar-refractivity contribution in [3.8, 4) is 17.2 Å². The van der Waals surface area contributed by atoms with Gasteiger partial charge in [0.05, 0.1) is 31.7 Å². The fourth-order valence-corrected chi connectivity index (χ4v) is 3.22. The third-order valence-corrected chi connectivity index (χ3v) is 4.63. The van der Waals surface area contributed by atoms with Crippen molar-refractivity contribution in [3.05, 3.63) is 51.8 Å². The SMILES string of the molecule is COc1cc2nc(N(C)Cc3ccc(OCCO)cc3)[nH]c(=O)c2c(C)c1OC. The fraction of sp³-hybridized carbons (Fsp3) is 0.333. The molecular weight excluding hydrogens is 374 g/mol. The number of anilines is 1. The topological polar surface area (TPSA) is 96.9 Å². The van der Waals surface area contributed by atoms with E-state index in [0.717, 1.165) is 5.56 Å². The number of hydrogen-bond donors (Lipinski definition) is 2. The number of H-pyrrole nitrogens is 1. The summed E-state index contributed by atoms with van der Waals surface area (Å²) < 4.78 is 16.1. The number of nitrogens with one attached hydrogen (secondary N) is 1. The number of rotatable bonds is 8. The number of aromatic nitrogens is 2. The maximum absolute atomic E-state index is 12.7. The number of aliphatic hydroxyl groups is 1. The Labute approximate surface area is 168 Å². The Balaban J connectivity index is 1.90. The van der Waals surface area contributed by atoms with Crippen molar-refractivity contribution in [2.24, 2.45) is 0 Å². The number of nitrogens with zero attached hydrogens (tertiary/aromatic N) is 2. The molecule has 0 spiro atoms. The summed E-state index contributed by atoms with van der Waals surface area (Å²) in [6, 6.07) is 9.26. The van der Waals surface area contributed by atoms with E-state index in [1.807, 2.05) is 43.1 Å². The molecule has 8 heteroatoms. The van der Waals surface area contributed by atoms with E-state index in [9.17, 15) is 4.79 Å². The number of aromatic amines is 1. The second-order valence-corrected chi connectivity index (χ2v) is 6.59. The number of methoxy groups -OCH3 is 2. The Morgan fingerprint density at radius 1 is 1.17 bits per heavy atom. The van der Waals surface area contributed by atoms with E-state index in [1.54, 1.807) is 20.3 Å². The monoisotopic (exact) mass is 399 g/mol. The summed E-state index contributed by atoms with van der Waals surface area (Å²) in [5.41, 5.74) is 2.01. The lowest BCUT2D eigenvalue weighted by Gasteiger charge is -2.19. The molecule has 0 unspecified atom stereocenters. The number of aryl methyl sites for hydroxylation is 1. The Kier molecular flexibility index (Phi) is 6.23. The Bertz CT molecular complexity index is 1050. The van der Waals surface area contributed by atoms with Gasteiger partial charge in [-0.3, -0.25) is 9.78 Å². The van der Waals surface area contributed by atoms with Crippen LogP contribution in [0, 0.1) is 6.92 Å². The van der Waals surface area contributed by atoms with Gasteiger partial charge in [0.1, 0.15) is 12.4 Å². The zero-order chi connectivity index (χ0) is 21.0. The number of benzene rings is 2. The fourth-order valence-electron chi connectivity index (χ4n) is 3.22. The molecule has 3 rings (SSSR count). The maximum atomic E-state index is 12.7. The molecule has 0 amide bonds. The third kappa shape index (κ3) is 4.27. The molecule has 2 N–H and O–H groups in total. The van der Waals surface area contributed by atoms with Crippen LogP contribution in [0.2, 0.25) is 0 Å². The lowest BCUT2D eigenvalue weighted by atomic mass is 10.1. The molecule has 1 aromatic heterocycles. The summed E-state index contributed by atoms with van der Waals surface area (Å²) in [6.07, 6.45) is 0. The lowest BCUT2D eigenvalue weighted by molar-refractivity contribution is 0.201. The molecule has 3 aromatic rings. The van der Waals surface area contributed by atoms with Crippen LogP contribution in [0.25, 0.3) is 10.9 Å². The van der Waals surface area contributed by atoms with Gasteiger partial charge in [0.25, 0.3) is 5.56 Å². The normalized spacial score (nSPS) is 10.8. The highest BCUT2D eigenvalue weighted by molar-refractivity contribution is 5.86. The van der Waals surface area contributed by atoms with Gasteiger partial charge in [0, 0.05) is 25.2 Å². The van der Waals surface area contributed by atoms with Gasteiger partial charge in [-0.15, -0.1) is 0 Å². The van der Waals surface area contributed by atoms with Crippen molar-refractivity contribution in [1.29, 1.82) is 0 Å². The van der Waals surface area contributed by atoms with Crippen molar-refractivity contribution in [3.63, 3.8) is 0 Å². The zero-order valence-electron chi connectivity index (χ0n) is 17.0. The van der Waals surface area contributed by atoms with Crippen LogP contribution in [0.15, 0.2) is 35.1 Å². The molecular formula is C21H25N3O5. The predicted octanol–water partition coefficient (Wildman–Crippen LogP) is 2.26. The molecule has 0 atom stereocenters. The van der Waals surface area contributed by atoms with Crippen LogP contribution in [-0.4, -0.2) is 49.6 Å². The minimum atomic E-state index is -0.233. The molecule has 29 heavy (non-hydrogen) atoms. The first-order valence-corrected chi connectivity index (χ1v) is 9.17. The molecule has 0 radical (unpaired) electrons. The molecule has 0 bridgehead atoms. The molecule has 2 aromatic carbocycles. The van der Waals surface area contributed by atoms with Gasteiger partial charge in [-0.05, 0) is 24.6 Å². The minimum Gasteiger partial charge on any atom is -0.493 e. The van der Waals surface area contributed by atoms with Gasteiger partial charge in [0.2, 0.25) is 5.95 Å². The highest BCUT2D eigenvalue weighted by atomic mass is 16.5. The van der Waals surface area contributed by atoms with E-state index in [2.05, 4.69) is 9.97 Å². The minimum absolute atomic E-state index is 0.0262. The van der Waals surface area contributed by atoms with E-state index in [0.29, 0.717) is 46.2 Å².